The van der Waals surface area contributed by atoms with E-state index in [4.69, 9.17) is 16.3 Å². The van der Waals surface area contributed by atoms with E-state index in [9.17, 15) is 8.78 Å². The minimum absolute atomic E-state index is 0.0689. The normalized spacial score (nSPS) is 10.6. The van der Waals surface area contributed by atoms with Crippen molar-refractivity contribution in [3.8, 4) is 5.75 Å². The Morgan fingerprint density at radius 3 is 2.69 bits per heavy atom. The lowest BCUT2D eigenvalue weighted by atomic mass is 10.3. The monoisotopic (exact) mass is 319 g/mol. The topological polar surface area (TPSA) is 22.1 Å². The summed E-state index contributed by atoms with van der Waals surface area (Å²) in [4.78, 5) is 3.70. The average Bonchev–Trinajstić information content (AvgIpc) is 2.01. The Kier molecular flexibility index (Phi) is 3.66. The molecule has 1 rings (SSSR count). The number of hydrogen-bond donors (Lipinski definition) is 0. The number of alkyl halides is 2. The molecule has 6 heteroatoms. The van der Waals surface area contributed by atoms with Crippen molar-refractivity contribution >= 4 is 34.2 Å². The second-order valence-corrected chi connectivity index (χ2v) is 3.62. The number of ether oxygens (including phenoxy) is 1. The summed E-state index contributed by atoms with van der Waals surface area (Å²) in [6.45, 7) is 0. The molecule has 0 saturated heterocycles. The van der Waals surface area contributed by atoms with E-state index in [0.717, 1.165) is 0 Å². The van der Waals surface area contributed by atoms with Gasteiger partial charge in [0.1, 0.15) is 14.6 Å². The molecule has 0 spiro atoms. The molecule has 0 fully saturated rings. The van der Waals surface area contributed by atoms with Gasteiger partial charge < -0.3 is 4.74 Å². The summed E-state index contributed by atoms with van der Waals surface area (Å²) in [5.41, 5.74) is -0.357. The van der Waals surface area contributed by atoms with Crippen LogP contribution in [0.1, 0.15) is 12.0 Å². The quantitative estimate of drug-likeness (QED) is 0.616. The minimum Gasteiger partial charge on any atom is -0.496 e. The number of hydrogen-bond acceptors (Lipinski definition) is 2. The molecule has 1 aromatic heterocycles. The van der Waals surface area contributed by atoms with Crippen LogP contribution in [0.15, 0.2) is 6.07 Å². The molecule has 0 N–H and O–H groups in total. The summed E-state index contributed by atoms with van der Waals surface area (Å²) >= 11 is 7.41. The van der Waals surface area contributed by atoms with Crippen molar-refractivity contribution in [2.75, 3.05) is 7.11 Å². The van der Waals surface area contributed by atoms with Crippen molar-refractivity contribution in [3.63, 3.8) is 0 Å². The first-order valence-corrected chi connectivity index (χ1v) is 4.70. The fourth-order valence-electron chi connectivity index (χ4n) is 0.840. The molecular weight excluding hydrogens is 314 g/mol. The third kappa shape index (κ3) is 2.40. The molecule has 72 valence electrons. The van der Waals surface area contributed by atoms with Crippen LogP contribution >= 0.6 is 34.2 Å². The Bertz CT molecular complexity index is 322. The van der Waals surface area contributed by atoms with Crippen molar-refractivity contribution in [3.05, 3.63) is 20.5 Å². The first-order chi connectivity index (χ1) is 6.06. The van der Waals surface area contributed by atoms with E-state index in [1.807, 2.05) is 22.6 Å². The number of rotatable bonds is 2. The predicted octanol–water partition coefficient (Wildman–Crippen LogP) is 3.29. The van der Waals surface area contributed by atoms with E-state index in [1.54, 1.807) is 0 Å². The second-order valence-electron chi connectivity index (χ2n) is 2.15. The van der Waals surface area contributed by atoms with Gasteiger partial charge >= 0.3 is 0 Å². The van der Waals surface area contributed by atoms with Crippen molar-refractivity contribution in [2.45, 2.75) is 6.43 Å². The third-order valence-electron chi connectivity index (χ3n) is 1.38. The highest BCUT2D eigenvalue weighted by Crippen LogP contribution is 2.34. The van der Waals surface area contributed by atoms with Gasteiger partial charge in [-0.1, -0.05) is 11.6 Å². The van der Waals surface area contributed by atoms with Crippen LogP contribution in [0.2, 0.25) is 5.15 Å². The highest BCUT2D eigenvalue weighted by Gasteiger charge is 2.19. The molecule has 0 atom stereocenters. The van der Waals surface area contributed by atoms with Crippen molar-refractivity contribution in [2.24, 2.45) is 0 Å². The summed E-state index contributed by atoms with van der Waals surface area (Å²) in [5, 5.41) is -0.209. The molecule has 13 heavy (non-hydrogen) atoms. The number of nitrogens with zero attached hydrogens (tertiary/aromatic N) is 1. The summed E-state index contributed by atoms with van der Waals surface area (Å²) in [5.74, 6) is 0.0689. The van der Waals surface area contributed by atoms with E-state index >= 15 is 0 Å². The number of halogens is 4. The van der Waals surface area contributed by atoms with E-state index in [0.29, 0.717) is 3.70 Å². The first-order valence-electron chi connectivity index (χ1n) is 3.24. The number of aromatic nitrogens is 1. The molecule has 0 radical (unpaired) electrons. The van der Waals surface area contributed by atoms with Gasteiger partial charge in [-0.25, -0.2) is 13.8 Å². The van der Waals surface area contributed by atoms with Gasteiger partial charge in [-0.15, -0.1) is 0 Å². The lowest BCUT2D eigenvalue weighted by molar-refractivity contribution is 0.146. The van der Waals surface area contributed by atoms with Crippen molar-refractivity contribution in [1.82, 2.24) is 4.98 Å². The van der Waals surface area contributed by atoms with Gasteiger partial charge in [0, 0.05) is 6.07 Å². The molecule has 0 aliphatic carbocycles. The molecule has 0 saturated carbocycles. The molecule has 0 aliphatic rings. The Hall–Kier alpha value is -0.170. The highest BCUT2D eigenvalue weighted by atomic mass is 127. The van der Waals surface area contributed by atoms with Crippen molar-refractivity contribution in [1.29, 1.82) is 0 Å². The first kappa shape index (κ1) is 10.9. The number of methoxy groups -OCH3 is 1. The largest absolute Gasteiger partial charge is 0.496 e. The van der Waals surface area contributed by atoms with Crippen LogP contribution in [-0.4, -0.2) is 12.1 Å². The van der Waals surface area contributed by atoms with Crippen LogP contribution in [-0.2, 0) is 0 Å². The molecule has 0 unspecified atom stereocenters. The number of pyridine rings is 1. The molecule has 0 bridgehead atoms. The summed E-state index contributed by atoms with van der Waals surface area (Å²) in [6, 6.07) is 1.41. The summed E-state index contributed by atoms with van der Waals surface area (Å²) < 4.78 is 30.1. The zero-order chi connectivity index (χ0) is 10.0. The standard InChI is InChI=1S/C7H5ClF2INO/c1-13-3-2-4(11)12-6(8)5(3)7(9)10/h2,7H,1H3. The Morgan fingerprint density at radius 2 is 2.23 bits per heavy atom. The van der Waals surface area contributed by atoms with Crippen LogP contribution in [0.3, 0.4) is 0 Å². The van der Waals surface area contributed by atoms with E-state index < -0.39 is 6.43 Å². The van der Waals surface area contributed by atoms with Crippen LogP contribution in [0.25, 0.3) is 0 Å². The van der Waals surface area contributed by atoms with E-state index in [-0.39, 0.29) is 16.5 Å². The van der Waals surface area contributed by atoms with Gasteiger partial charge in [-0.2, -0.15) is 0 Å². The molecule has 0 amide bonds. The van der Waals surface area contributed by atoms with Gasteiger partial charge in [0.05, 0.1) is 12.7 Å². The molecule has 0 aliphatic heterocycles. The second kappa shape index (κ2) is 4.36. The minimum atomic E-state index is -2.67. The summed E-state index contributed by atoms with van der Waals surface area (Å²) in [6.07, 6.45) is -2.67. The van der Waals surface area contributed by atoms with Crippen LogP contribution < -0.4 is 4.74 Å². The molecule has 1 aromatic rings. The highest BCUT2D eigenvalue weighted by molar-refractivity contribution is 14.1. The molecule has 1 heterocycles. The van der Waals surface area contributed by atoms with Gasteiger partial charge in [0.2, 0.25) is 0 Å². The van der Waals surface area contributed by atoms with Gasteiger partial charge in [-0.05, 0) is 22.6 Å². The third-order valence-corrected chi connectivity index (χ3v) is 2.22. The van der Waals surface area contributed by atoms with Gasteiger partial charge in [-0.3, -0.25) is 0 Å². The maximum Gasteiger partial charge on any atom is 0.270 e. The lowest BCUT2D eigenvalue weighted by Crippen LogP contribution is -1.97. The van der Waals surface area contributed by atoms with Crippen LogP contribution in [0, 0.1) is 3.70 Å². The molecule has 2 nitrogen and oxygen atoms in total. The Labute approximate surface area is 92.4 Å². The smallest absolute Gasteiger partial charge is 0.270 e. The fourth-order valence-corrected chi connectivity index (χ4v) is 1.77. The molecule has 0 aromatic carbocycles. The lowest BCUT2D eigenvalue weighted by Gasteiger charge is -2.08. The Balaban J connectivity index is 3.30. The maximum atomic E-state index is 12.4. The average molecular weight is 319 g/mol. The van der Waals surface area contributed by atoms with Crippen molar-refractivity contribution < 1.29 is 13.5 Å². The van der Waals surface area contributed by atoms with Crippen LogP contribution in [0.5, 0.6) is 5.75 Å². The van der Waals surface area contributed by atoms with E-state index in [1.165, 1.54) is 13.2 Å². The zero-order valence-electron chi connectivity index (χ0n) is 6.52. The van der Waals surface area contributed by atoms with Crippen LogP contribution in [0.4, 0.5) is 8.78 Å². The Morgan fingerprint density at radius 1 is 1.62 bits per heavy atom. The SMILES string of the molecule is COc1cc(I)nc(Cl)c1C(F)F. The molecular formula is C7H5ClF2INO. The van der Waals surface area contributed by atoms with E-state index in [2.05, 4.69) is 4.98 Å². The van der Waals surface area contributed by atoms with Gasteiger partial charge in [0.15, 0.2) is 0 Å². The maximum absolute atomic E-state index is 12.4. The predicted molar refractivity (Wildman–Crippen MR) is 53.5 cm³/mol. The fraction of sp³-hybridized carbons (Fsp3) is 0.286. The van der Waals surface area contributed by atoms with Gasteiger partial charge in [0.25, 0.3) is 6.43 Å². The zero-order valence-corrected chi connectivity index (χ0v) is 9.44. The summed E-state index contributed by atoms with van der Waals surface area (Å²) in [7, 11) is 1.31.